The van der Waals surface area contributed by atoms with Gasteiger partial charge in [0.05, 0.1) is 11.7 Å². The van der Waals surface area contributed by atoms with Gasteiger partial charge < -0.3 is 9.84 Å². The van der Waals surface area contributed by atoms with Gasteiger partial charge in [-0.2, -0.15) is 4.21 Å². The number of aliphatic hydroxyl groups excluding tert-OH is 1. The number of hydrogen-bond donors (Lipinski definition) is 1. The summed E-state index contributed by atoms with van der Waals surface area (Å²) in [4.78, 5) is 11.6. The minimum Gasteiger partial charge on any atom is -0.462 e. The zero-order valence-electron chi connectivity index (χ0n) is 14.8. The summed E-state index contributed by atoms with van der Waals surface area (Å²) in [6.45, 7) is 7.65. The Bertz CT molecular complexity index is 539. The third-order valence-electron chi connectivity index (χ3n) is 6.55. The summed E-state index contributed by atoms with van der Waals surface area (Å²) < 4.78 is 29.3. The quantitative estimate of drug-likeness (QED) is 0.777. The molecule has 24 heavy (non-hydrogen) atoms. The fraction of sp³-hybridized carbons (Fsp3) is 0.941. The van der Waals surface area contributed by atoms with E-state index in [0.29, 0.717) is 12.8 Å². The van der Waals surface area contributed by atoms with Gasteiger partial charge in [-0.05, 0) is 44.4 Å². The second kappa shape index (κ2) is 6.34. The molecule has 8 atom stereocenters. The number of esters is 1. The lowest BCUT2D eigenvalue weighted by Crippen LogP contribution is -2.67. The lowest BCUT2D eigenvalue weighted by atomic mass is 9.50. The van der Waals surface area contributed by atoms with Crippen LogP contribution in [0.1, 0.15) is 53.4 Å². The molecule has 2 saturated carbocycles. The monoisotopic (exact) mass is 360 g/mol. The van der Waals surface area contributed by atoms with E-state index in [9.17, 15) is 14.1 Å². The van der Waals surface area contributed by atoms with E-state index in [0.717, 1.165) is 12.8 Å². The van der Waals surface area contributed by atoms with Crippen LogP contribution in [-0.4, -0.2) is 39.7 Å². The molecule has 1 unspecified atom stereocenters. The molecule has 1 N–H and O–H groups in total. The highest BCUT2D eigenvalue weighted by Crippen LogP contribution is 2.61. The third kappa shape index (κ3) is 2.83. The Balaban J connectivity index is 1.99. The Kier molecular flexibility index (Phi) is 4.83. The number of carbonyl (C=O) groups is 1. The molecule has 2 aliphatic carbocycles. The second-order valence-electron chi connectivity index (χ2n) is 8.14. The minimum atomic E-state index is -1.78. The van der Waals surface area contributed by atoms with Gasteiger partial charge in [0.1, 0.15) is 6.10 Å². The van der Waals surface area contributed by atoms with Crippen LogP contribution in [0.5, 0.6) is 0 Å². The zero-order valence-corrected chi connectivity index (χ0v) is 15.6. The fourth-order valence-electron chi connectivity index (χ4n) is 5.35. The summed E-state index contributed by atoms with van der Waals surface area (Å²) in [6, 6.07) is 0. The summed E-state index contributed by atoms with van der Waals surface area (Å²) >= 11 is -1.78. The van der Waals surface area contributed by atoms with E-state index in [-0.39, 0.29) is 48.0 Å². The Morgan fingerprint density at radius 2 is 2.08 bits per heavy atom. The van der Waals surface area contributed by atoms with Crippen molar-refractivity contribution in [1.29, 1.82) is 0 Å². The summed E-state index contributed by atoms with van der Waals surface area (Å²) in [5, 5.41) is 9.61. The SMILES string of the molecule is CC(=O)O[C@@H]1CC[C@@]2(C)O[S@@](=O)O[C@@H]3C2[C@@]1(C)CC[C@H]3[C@H](C)CO. The van der Waals surface area contributed by atoms with E-state index >= 15 is 0 Å². The molecule has 0 spiro atoms. The lowest BCUT2D eigenvalue weighted by Gasteiger charge is -2.62. The van der Waals surface area contributed by atoms with Crippen LogP contribution >= 0.6 is 0 Å². The van der Waals surface area contributed by atoms with Gasteiger partial charge in [0.25, 0.3) is 0 Å². The predicted octanol–water partition coefficient (Wildman–Crippen LogP) is 2.13. The van der Waals surface area contributed by atoms with Crippen LogP contribution in [0.15, 0.2) is 0 Å². The molecule has 3 fully saturated rings. The lowest BCUT2D eigenvalue weighted by molar-refractivity contribution is -0.232. The van der Waals surface area contributed by atoms with Crippen molar-refractivity contribution in [3.63, 3.8) is 0 Å². The van der Waals surface area contributed by atoms with Gasteiger partial charge in [0.2, 0.25) is 0 Å². The first kappa shape index (κ1) is 18.3. The zero-order chi connectivity index (χ0) is 17.7. The van der Waals surface area contributed by atoms with Crippen molar-refractivity contribution in [2.24, 2.45) is 23.2 Å². The highest BCUT2D eigenvalue weighted by molar-refractivity contribution is 7.75. The Morgan fingerprint density at radius 3 is 2.71 bits per heavy atom. The standard InChI is InChI=1S/C17H28O6S/c1-10(9-18)12-5-7-16(3)13(21-11(2)19)6-8-17(4)15(16)14(12)22-24(20)23-17/h10,12-15,18H,5-9H2,1-4H3/t10-,12+,13-,14+,15?,16+,17-,24+/m1/s1. The van der Waals surface area contributed by atoms with Gasteiger partial charge in [0.15, 0.2) is 0 Å². The summed E-state index contributed by atoms with van der Waals surface area (Å²) in [6.07, 6.45) is 2.66. The molecule has 6 nitrogen and oxygen atoms in total. The van der Waals surface area contributed by atoms with E-state index in [1.54, 1.807) is 0 Å². The second-order valence-corrected chi connectivity index (χ2v) is 8.91. The Morgan fingerprint density at radius 1 is 1.38 bits per heavy atom. The van der Waals surface area contributed by atoms with Crippen LogP contribution in [0.3, 0.4) is 0 Å². The first-order valence-corrected chi connectivity index (χ1v) is 9.78. The van der Waals surface area contributed by atoms with Gasteiger partial charge in [-0.3, -0.25) is 13.2 Å². The van der Waals surface area contributed by atoms with E-state index in [2.05, 4.69) is 6.92 Å². The van der Waals surface area contributed by atoms with E-state index in [1.165, 1.54) is 6.92 Å². The molecule has 0 amide bonds. The average Bonchev–Trinajstić information content (AvgIpc) is 2.49. The number of ether oxygens (including phenoxy) is 1. The first-order chi connectivity index (χ1) is 11.2. The van der Waals surface area contributed by atoms with Crippen LogP contribution in [-0.2, 0) is 29.3 Å². The normalized spacial score (nSPS) is 49.1. The van der Waals surface area contributed by atoms with Crippen molar-refractivity contribution in [3.8, 4) is 0 Å². The topological polar surface area (TPSA) is 82.1 Å². The molecule has 0 aromatic rings. The van der Waals surface area contributed by atoms with Gasteiger partial charge in [-0.25, -0.2) is 0 Å². The highest BCUT2D eigenvalue weighted by atomic mass is 32.2. The van der Waals surface area contributed by atoms with Crippen LogP contribution in [0.4, 0.5) is 0 Å². The summed E-state index contributed by atoms with van der Waals surface area (Å²) in [7, 11) is 0. The molecule has 7 heteroatoms. The predicted molar refractivity (Wildman–Crippen MR) is 87.9 cm³/mol. The average molecular weight is 360 g/mol. The third-order valence-corrected chi connectivity index (χ3v) is 7.45. The molecular weight excluding hydrogens is 332 g/mol. The van der Waals surface area contributed by atoms with Gasteiger partial charge in [-0.15, -0.1) is 0 Å². The molecule has 0 radical (unpaired) electrons. The summed E-state index contributed by atoms with van der Waals surface area (Å²) in [5.74, 6) is -0.105. The van der Waals surface area contributed by atoms with E-state index < -0.39 is 17.0 Å². The molecule has 0 bridgehead atoms. The smallest absolute Gasteiger partial charge is 0.305 e. The molecule has 3 aliphatic rings. The van der Waals surface area contributed by atoms with Crippen LogP contribution in [0.25, 0.3) is 0 Å². The highest BCUT2D eigenvalue weighted by Gasteiger charge is 2.65. The van der Waals surface area contributed by atoms with E-state index in [1.807, 2.05) is 13.8 Å². The van der Waals surface area contributed by atoms with Crippen molar-refractivity contribution in [3.05, 3.63) is 0 Å². The van der Waals surface area contributed by atoms with E-state index in [4.69, 9.17) is 13.1 Å². The Labute approximate surface area is 146 Å². The van der Waals surface area contributed by atoms with Crippen LogP contribution in [0.2, 0.25) is 0 Å². The molecule has 3 rings (SSSR count). The molecule has 0 aromatic heterocycles. The number of aliphatic hydroxyl groups is 1. The largest absolute Gasteiger partial charge is 0.462 e. The van der Waals surface area contributed by atoms with Crippen molar-refractivity contribution in [2.45, 2.75) is 71.2 Å². The molecule has 1 saturated heterocycles. The number of hydrogen-bond acceptors (Lipinski definition) is 6. The first-order valence-electron chi connectivity index (χ1n) is 8.78. The van der Waals surface area contributed by atoms with Crippen molar-refractivity contribution < 1.29 is 27.2 Å². The molecule has 1 heterocycles. The van der Waals surface area contributed by atoms with Crippen molar-refractivity contribution in [2.75, 3.05) is 6.61 Å². The fourth-order valence-corrected chi connectivity index (χ4v) is 6.33. The molecule has 138 valence electrons. The number of rotatable bonds is 3. The van der Waals surface area contributed by atoms with Crippen molar-refractivity contribution >= 4 is 17.3 Å². The molecular formula is C17H28O6S. The van der Waals surface area contributed by atoms with Gasteiger partial charge in [0, 0.05) is 24.9 Å². The maximum absolute atomic E-state index is 12.2. The maximum Gasteiger partial charge on any atom is 0.305 e. The van der Waals surface area contributed by atoms with Crippen LogP contribution in [0, 0.1) is 23.2 Å². The molecule has 0 aromatic carbocycles. The summed E-state index contributed by atoms with van der Waals surface area (Å²) in [5.41, 5.74) is -0.841. The van der Waals surface area contributed by atoms with Gasteiger partial charge >= 0.3 is 17.3 Å². The molecule has 1 aliphatic heterocycles. The number of carbonyl (C=O) groups excluding carboxylic acids is 1. The Hall–Kier alpha value is -0.500. The maximum atomic E-state index is 12.2. The van der Waals surface area contributed by atoms with Crippen molar-refractivity contribution in [1.82, 2.24) is 0 Å². The minimum absolute atomic E-state index is 0.0199. The van der Waals surface area contributed by atoms with Gasteiger partial charge in [-0.1, -0.05) is 13.8 Å². The van der Waals surface area contributed by atoms with Crippen LogP contribution < -0.4 is 0 Å².